The van der Waals surface area contributed by atoms with Crippen LogP contribution in [0.15, 0.2) is 70.3 Å². The Morgan fingerprint density at radius 3 is 2.66 bits per heavy atom. The van der Waals surface area contributed by atoms with Crippen molar-refractivity contribution in [2.24, 2.45) is 4.99 Å². The summed E-state index contributed by atoms with van der Waals surface area (Å²) in [4.78, 5) is 11.8. The van der Waals surface area contributed by atoms with E-state index in [4.69, 9.17) is 14.1 Å². The predicted octanol–water partition coefficient (Wildman–Crippen LogP) is 3.43. The first-order valence-electron chi connectivity index (χ1n) is 11.2. The molecule has 0 spiro atoms. The number of guanidine groups is 1. The fraction of sp³-hybridized carbons (Fsp3) is 0.360. The maximum atomic E-state index is 5.62. The van der Waals surface area contributed by atoms with E-state index in [-0.39, 0.29) is 0 Å². The minimum Gasteiger partial charge on any atom is -0.444 e. The zero-order valence-electron chi connectivity index (χ0n) is 18.6. The lowest BCUT2D eigenvalue weighted by Gasteiger charge is -2.26. The Bertz CT molecular complexity index is 996. The summed E-state index contributed by atoms with van der Waals surface area (Å²) >= 11 is 0. The lowest BCUT2D eigenvalue weighted by molar-refractivity contribution is 0.0342. The number of aliphatic imine (C=N–C) groups is 1. The molecule has 0 aliphatic carbocycles. The van der Waals surface area contributed by atoms with Gasteiger partial charge in [-0.25, -0.2) is 9.98 Å². The molecule has 0 saturated carbocycles. The van der Waals surface area contributed by atoms with E-state index in [1.165, 1.54) is 11.1 Å². The standard InChI is InChI=1S/C25H31N5O2/c1-2-26-25(28-17-23-19-32-24(29-23)22-9-4-3-5-10-22)27-16-20-7-6-8-21(15-20)18-30-11-13-31-14-12-30/h3-10,15,19H,2,11-14,16-18H2,1H3,(H2,26,27,28). The predicted molar refractivity (Wildman–Crippen MR) is 126 cm³/mol. The van der Waals surface area contributed by atoms with Gasteiger partial charge < -0.3 is 19.8 Å². The first-order chi connectivity index (χ1) is 15.8. The Morgan fingerprint density at radius 1 is 1.03 bits per heavy atom. The minimum absolute atomic E-state index is 0.541. The maximum absolute atomic E-state index is 5.62. The molecule has 2 heterocycles. The molecule has 0 atom stereocenters. The molecule has 0 amide bonds. The molecule has 0 bridgehead atoms. The van der Waals surface area contributed by atoms with Crippen molar-refractivity contribution < 1.29 is 9.15 Å². The van der Waals surface area contributed by atoms with Crippen molar-refractivity contribution in [1.29, 1.82) is 0 Å². The van der Waals surface area contributed by atoms with Gasteiger partial charge in [0.25, 0.3) is 0 Å². The van der Waals surface area contributed by atoms with Crippen LogP contribution in [0.5, 0.6) is 0 Å². The van der Waals surface area contributed by atoms with Gasteiger partial charge in [-0.3, -0.25) is 4.90 Å². The fourth-order valence-corrected chi connectivity index (χ4v) is 3.63. The maximum Gasteiger partial charge on any atom is 0.226 e. The van der Waals surface area contributed by atoms with Crippen molar-refractivity contribution in [2.75, 3.05) is 32.8 Å². The summed E-state index contributed by atoms with van der Waals surface area (Å²) in [6.45, 7) is 8.57. The van der Waals surface area contributed by atoms with Crippen molar-refractivity contribution in [3.63, 3.8) is 0 Å². The lowest BCUT2D eigenvalue weighted by Crippen LogP contribution is -2.36. The highest BCUT2D eigenvalue weighted by atomic mass is 16.5. The van der Waals surface area contributed by atoms with Crippen LogP contribution in [0.2, 0.25) is 0 Å². The van der Waals surface area contributed by atoms with Crippen LogP contribution >= 0.6 is 0 Å². The number of benzene rings is 2. The highest BCUT2D eigenvalue weighted by Crippen LogP contribution is 2.17. The molecule has 3 aromatic rings. The molecule has 32 heavy (non-hydrogen) atoms. The van der Waals surface area contributed by atoms with Crippen LogP contribution in [0, 0.1) is 0 Å². The third-order valence-electron chi connectivity index (χ3n) is 5.27. The topological polar surface area (TPSA) is 74.9 Å². The Balaban J connectivity index is 1.34. The van der Waals surface area contributed by atoms with E-state index in [1.54, 1.807) is 6.26 Å². The molecule has 1 saturated heterocycles. The van der Waals surface area contributed by atoms with E-state index in [0.717, 1.165) is 56.6 Å². The summed E-state index contributed by atoms with van der Waals surface area (Å²) in [6, 6.07) is 18.6. The number of oxazole rings is 1. The highest BCUT2D eigenvalue weighted by Gasteiger charge is 2.11. The van der Waals surface area contributed by atoms with Gasteiger partial charge in [-0.15, -0.1) is 0 Å². The zero-order chi connectivity index (χ0) is 22.0. The van der Waals surface area contributed by atoms with Gasteiger partial charge in [0.2, 0.25) is 5.89 Å². The largest absolute Gasteiger partial charge is 0.444 e. The number of ether oxygens (including phenoxy) is 1. The molecule has 7 heteroatoms. The molecule has 2 aromatic carbocycles. The third kappa shape index (κ3) is 6.42. The molecule has 0 radical (unpaired) electrons. The Kier molecular flexibility index (Phi) is 7.89. The van der Waals surface area contributed by atoms with E-state index in [2.05, 4.69) is 51.7 Å². The summed E-state index contributed by atoms with van der Waals surface area (Å²) in [5.41, 5.74) is 4.31. The van der Waals surface area contributed by atoms with Gasteiger partial charge in [0.15, 0.2) is 5.96 Å². The molecule has 1 aliphatic rings. The number of morpholine rings is 1. The summed E-state index contributed by atoms with van der Waals surface area (Å²) in [5.74, 6) is 1.39. The van der Waals surface area contributed by atoms with E-state index >= 15 is 0 Å². The summed E-state index contributed by atoms with van der Waals surface area (Å²) < 4.78 is 11.1. The summed E-state index contributed by atoms with van der Waals surface area (Å²) in [7, 11) is 0. The van der Waals surface area contributed by atoms with Gasteiger partial charge in [0.1, 0.15) is 6.26 Å². The molecule has 4 rings (SSSR count). The highest BCUT2D eigenvalue weighted by molar-refractivity contribution is 5.79. The van der Waals surface area contributed by atoms with Crippen molar-refractivity contribution in [2.45, 2.75) is 26.6 Å². The van der Waals surface area contributed by atoms with E-state index in [9.17, 15) is 0 Å². The average molecular weight is 434 g/mol. The molecular weight excluding hydrogens is 402 g/mol. The van der Waals surface area contributed by atoms with Crippen LogP contribution in [-0.2, 0) is 24.4 Å². The summed E-state index contributed by atoms with van der Waals surface area (Å²) in [5, 5.41) is 6.65. The summed E-state index contributed by atoms with van der Waals surface area (Å²) in [6.07, 6.45) is 1.69. The lowest BCUT2D eigenvalue weighted by atomic mass is 10.1. The molecule has 1 aromatic heterocycles. The van der Waals surface area contributed by atoms with Crippen LogP contribution < -0.4 is 10.6 Å². The van der Waals surface area contributed by atoms with Crippen LogP contribution in [0.3, 0.4) is 0 Å². The second-order valence-electron chi connectivity index (χ2n) is 7.77. The number of rotatable bonds is 8. The number of nitrogens with one attached hydrogen (secondary N) is 2. The Hall–Kier alpha value is -3.16. The SMILES string of the molecule is CCNC(=NCc1cccc(CN2CCOCC2)c1)NCc1coc(-c2ccccc2)n1. The monoisotopic (exact) mass is 433 g/mol. The van der Waals surface area contributed by atoms with Crippen molar-refractivity contribution in [3.05, 3.63) is 77.7 Å². The molecular formula is C25H31N5O2. The molecule has 2 N–H and O–H groups in total. The number of hydrogen-bond donors (Lipinski definition) is 2. The van der Waals surface area contributed by atoms with Crippen molar-refractivity contribution in [3.8, 4) is 11.5 Å². The minimum atomic E-state index is 0.541. The van der Waals surface area contributed by atoms with E-state index in [0.29, 0.717) is 19.0 Å². The Labute approximate surface area is 189 Å². The van der Waals surface area contributed by atoms with Gasteiger partial charge in [-0.1, -0.05) is 42.5 Å². The third-order valence-corrected chi connectivity index (χ3v) is 5.27. The van der Waals surface area contributed by atoms with Crippen LogP contribution in [0.4, 0.5) is 0 Å². The molecule has 1 fully saturated rings. The van der Waals surface area contributed by atoms with Gasteiger partial charge in [-0.05, 0) is 30.2 Å². The number of aromatic nitrogens is 1. The van der Waals surface area contributed by atoms with Gasteiger partial charge in [0.05, 0.1) is 32.0 Å². The molecule has 0 unspecified atom stereocenters. The normalized spacial score (nSPS) is 15.0. The first-order valence-corrected chi connectivity index (χ1v) is 11.2. The second-order valence-corrected chi connectivity index (χ2v) is 7.77. The molecule has 1 aliphatic heterocycles. The van der Waals surface area contributed by atoms with Gasteiger partial charge >= 0.3 is 0 Å². The van der Waals surface area contributed by atoms with Crippen molar-refractivity contribution >= 4 is 5.96 Å². The number of hydrogen-bond acceptors (Lipinski definition) is 5. The van der Waals surface area contributed by atoms with E-state index in [1.807, 2.05) is 30.3 Å². The second kappa shape index (κ2) is 11.5. The van der Waals surface area contributed by atoms with Crippen LogP contribution in [0.25, 0.3) is 11.5 Å². The quantitative estimate of drug-likeness (QED) is 0.419. The van der Waals surface area contributed by atoms with Crippen molar-refractivity contribution in [1.82, 2.24) is 20.5 Å². The first kappa shape index (κ1) is 22.0. The number of nitrogens with zero attached hydrogens (tertiary/aromatic N) is 3. The van der Waals surface area contributed by atoms with Gasteiger partial charge in [-0.2, -0.15) is 0 Å². The average Bonchev–Trinajstić information content (AvgIpc) is 3.32. The van der Waals surface area contributed by atoms with Crippen LogP contribution in [-0.4, -0.2) is 48.7 Å². The van der Waals surface area contributed by atoms with Gasteiger partial charge in [0, 0.05) is 31.7 Å². The van der Waals surface area contributed by atoms with E-state index < -0.39 is 0 Å². The smallest absolute Gasteiger partial charge is 0.226 e. The molecule has 168 valence electrons. The zero-order valence-corrected chi connectivity index (χ0v) is 18.6. The fourth-order valence-electron chi connectivity index (χ4n) is 3.63. The Morgan fingerprint density at radius 2 is 1.84 bits per heavy atom. The molecule has 7 nitrogen and oxygen atoms in total. The van der Waals surface area contributed by atoms with Crippen LogP contribution in [0.1, 0.15) is 23.7 Å².